The van der Waals surface area contributed by atoms with Gasteiger partial charge in [0.25, 0.3) is 0 Å². The molecule has 1 spiro atoms. The third kappa shape index (κ3) is 1.26. The topological polar surface area (TPSA) is 38.0 Å². The fraction of sp³-hybridized carbons (Fsp3) is 0.750. The van der Waals surface area contributed by atoms with Crippen LogP contribution in [0.4, 0.5) is 0 Å². The monoisotopic (exact) mass is 206 g/mol. The average molecular weight is 206 g/mol. The molecule has 1 aliphatic carbocycles. The summed E-state index contributed by atoms with van der Waals surface area (Å²) in [6.07, 6.45) is 10.5. The minimum absolute atomic E-state index is 0.0139. The largest absolute Gasteiger partial charge is 0.392 e. The molecule has 2 aliphatic rings. The van der Waals surface area contributed by atoms with Gasteiger partial charge in [0.05, 0.1) is 11.5 Å². The number of hydrogen-bond donors (Lipinski definition) is 1. The maximum absolute atomic E-state index is 10.3. The summed E-state index contributed by atoms with van der Waals surface area (Å²) in [5.74, 6) is 1.14. The number of aryl methyl sites for hydroxylation is 1. The maximum Gasteiger partial charge on any atom is 0.117 e. The number of rotatable bonds is 0. The van der Waals surface area contributed by atoms with E-state index in [9.17, 15) is 5.11 Å². The lowest BCUT2D eigenvalue weighted by atomic mass is 9.67. The van der Waals surface area contributed by atoms with Crippen LogP contribution in [0.2, 0.25) is 0 Å². The Labute approximate surface area is 90.1 Å². The minimum atomic E-state index is -0.173. The van der Waals surface area contributed by atoms with Crippen LogP contribution in [0.3, 0.4) is 0 Å². The first-order valence-corrected chi connectivity index (χ1v) is 6.03. The number of fused-ring (bicyclic) bond motifs is 2. The molecular weight excluding hydrogens is 188 g/mol. The molecular formula is C12H18N2O. The number of aromatic nitrogens is 2. The summed E-state index contributed by atoms with van der Waals surface area (Å²) >= 11 is 0. The highest BCUT2D eigenvalue weighted by Gasteiger charge is 2.45. The molecule has 0 aromatic carbocycles. The van der Waals surface area contributed by atoms with Crippen LogP contribution < -0.4 is 0 Å². The predicted molar refractivity (Wildman–Crippen MR) is 57.6 cm³/mol. The van der Waals surface area contributed by atoms with Crippen molar-refractivity contribution in [3.63, 3.8) is 0 Å². The molecule has 15 heavy (non-hydrogen) atoms. The smallest absolute Gasteiger partial charge is 0.117 e. The Morgan fingerprint density at radius 1 is 1.33 bits per heavy atom. The van der Waals surface area contributed by atoms with Crippen LogP contribution in [0.5, 0.6) is 0 Å². The fourth-order valence-corrected chi connectivity index (χ4v) is 3.37. The Hall–Kier alpha value is -0.830. The van der Waals surface area contributed by atoms with Gasteiger partial charge >= 0.3 is 0 Å². The van der Waals surface area contributed by atoms with E-state index >= 15 is 0 Å². The van der Waals surface area contributed by atoms with E-state index in [0.29, 0.717) is 0 Å². The van der Waals surface area contributed by atoms with Gasteiger partial charge in [0.2, 0.25) is 0 Å². The predicted octanol–water partition coefficient (Wildman–Crippen LogP) is 1.85. The van der Waals surface area contributed by atoms with E-state index in [1.54, 1.807) is 0 Å². The Balaban J connectivity index is 2.05. The van der Waals surface area contributed by atoms with E-state index in [1.807, 2.05) is 6.20 Å². The van der Waals surface area contributed by atoms with Gasteiger partial charge in [-0.05, 0) is 25.7 Å². The third-order valence-electron chi connectivity index (χ3n) is 4.17. The molecule has 1 N–H and O–H groups in total. The molecule has 1 fully saturated rings. The molecule has 0 saturated heterocycles. The van der Waals surface area contributed by atoms with Crippen LogP contribution in [-0.4, -0.2) is 20.8 Å². The molecule has 2 atom stereocenters. The van der Waals surface area contributed by atoms with Crippen LogP contribution in [0.1, 0.15) is 44.3 Å². The number of aliphatic hydroxyl groups excluding tert-OH is 1. The summed E-state index contributed by atoms with van der Waals surface area (Å²) in [6, 6.07) is 0. The summed E-state index contributed by atoms with van der Waals surface area (Å²) in [4.78, 5) is 4.49. The zero-order valence-electron chi connectivity index (χ0n) is 9.02. The normalized spacial score (nSPS) is 35.4. The van der Waals surface area contributed by atoms with Gasteiger partial charge in [-0.3, -0.25) is 0 Å². The van der Waals surface area contributed by atoms with E-state index in [-0.39, 0.29) is 11.5 Å². The van der Waals surface area contributed by atoms with Crippen LogP contribution in [0.25, 0.3) is 0 Å². The molecule has 2 heterocycles. The summed E-state index contributed by atoms with van der Waals surface area (Å²) in [5, 5.41) is 10.3. The van der Waals surface area contributed by atoms with Crippen LogP contribution in [-0.2, 0) is 12.0 Å². The van der Waals surface area contributed by atoms with Gasteiger partial charge in [-0.2, -0.15) is 0 Å². The van der Waals surface area contributed by atoms with Crippen molar-refractivity contribution in [3.05, 3.63) is 18.2 Å². The highest BCUT2D eigenvalue weighted by Crippen LogP contribution is 2.44. The van der Waals surface area contributed by atoms with Crippen molar-refractivity contribution in [1.29, 1.82) is 0 Å². The summed E-state index contributed by atoms with van der Waals surface area (Å²) in [6.45, 7) is 1.07. The molecule has 3 nitrogen and oxygen atoms in total. The van der Waals surface area contributed by atoms with Crippen LogP contribution in [0.15, 0.2) is 12.4 Å². The lowest BCUT2D eigenvalue weighted by molar-refractivity contribution is 0.0204. The lowest BCUT2D eigenvalue weighted by Crippen LogP contribution is -2.46. The van der Waals surface area contributed by atoms with Gasteiger partial charge in [0, 0.05) is 18.9 Å². The van der Waals surface area contributed by atoms with Crippen molar-refractivity contribution >= 4 is 0 Å². The van der Waals surface area contributed by atoms with Gasteiger partial charge < -0.3 is 9.67 Å². The van der Waals surface area contributed by atoms with E-state index < -0.39 is 0 Å². The molecule has 82 valence electrons. The highest BCUT2D eigenvalue weighted by atomic mass is 16.3. The zero-order chi connectivity index (χ0) is 10.3. The molecule has 1 aromatic heterocycles. The molecule has 1 aromatic rings. The Bertz CT molecular complexity index is 360. The molecule has 0 amide bonds. The molecule has 3 rings (SSSR count). The first kappa shape index (κ1) is 9.40. The van der Waals surface area contributed by atoms with Crippen molar-refractivity contribution in [1.82, 2.24) is 9.55 Å². The van der Waals surface area contributed by atoms with Crippen molar-refractivity contribution in [3.8, 4) is 0 Å². The van der Waals surface area contributed by atoms with E-state index in [0.717, 1.165) is 31.6 Å². The van der Waals surface area contributed by atoms with Gasteiger partial charge in [-0.25, -0.2) is 4.98 Å². The van der Waals surface area contributed by atoms with E-state index in [4.69, 9.17) is 0 Å². The number of nitrogens with zero attached hydrogens (tertiary/aromatic N) is 2. The van der Waals surface area contributed by atoms with Crippen LogP contribution >= 0.6 is 0 Å². The number of hydrogen-bond acceptors (Lipinski definition) is 2. The Morgan fingerprint density at radius 2 is 2.20 bits per heavy atom. The van der Waals surface area contributed by atoms with Gasteiger partial charge in [0.15, 0.2) is 0 Å². The van der Waals surface area contributed by atoms with Gasteiger partial charge in [-0.15, -0.1) is 0 Å². The molecule has 1 aliphatic heterocycles. The van der Waals surface area contributed by atoms with Crippen LogP contribution in [0, 0.1) is 0 Å². The molecule has 3 heteroatoms. The SMILES string of the molecule is O[C@H]1CCCC[C@@]12CCCn1ccnc12. The standard InChI is InChI=1S/C12H18N2O/c15-10-4-1-2-5-12(10)6-3-8-14-9-7-13-11(12)14/h7,9-10,15H,1-6,8H2/t10-,12+/m0/s1. The van der Waals surface area contributed by atoms with E-state index in [2.05, 4.69) is 15.7 Å². The van der Waals surface area contributed by atoms with Crippen molar-refractivity contribution in [2.45, 2.75) is 56.6 Å². The first-order valence-electron chi connectivity index (χ1n) is 6.03. The molecule has 1 saturated carbocycles. The maximum atomic E-state index is 10.3. The molecule has 0 radical (unpaired) electrons. The second kappa shape index (κ2) is 3.34. The summed E-state index contributed by atoms with van der Waals surface area (Å²) in [7, 11) is 0. The van der Waals surface area contributed by atoms with Crippen molar-refractivity contribution in [2.24, 2.45) is 0 Å². The van der Waals surface area contributed by atoms with Crippen molar-refractivity contribution in [2.75, 3.05) is 0 Å². The number of imidazole rings is 1. The third-order valence-corrected chi connectivity index (χ3v) is 4.17. The fourth-order valence-electron chi connectivity index (χ4n) is 3.37. The second-order valence-corrected chi connectivity index (χ2v) is 4.97. The second-order valence-electron chi connectivity index (χ2n) is 4.97. The van der Waals surface area contributed by atoms with Crippen molar-refractivity contribution < 1.29 is 5.11 Å². The average Bonchev–Trinajstić information content (AvgIpc) is 2.72. The van der Waals surface area contributed by atoms with Gasteiger partial charge in [0.1, 0.15) is 5.82 Å². The minimum Gasteiger partial charge on any atom is -0.392 e. The van der Waals surface area contributed by atoms with E-state index in [1.165, 1.54) is 19.3 Å². The highest BCUT2D eigenvalue weighted by molar-refractivity contribution is 5.17. The molecule has 0 bridgehead atoms. The molecule has 0 unspecified atom stereocenters. The Kier molecular flexibility index (Phi) is 2.09. The number of aliphatic hydroxyl groups is 1. The Morgan fingerprint density at radius 3 is 3.07 bits per heavy atom. The first-order chi connectivity index (χ1) is 7.33. The van der Waals surface area contributed by atoms with Gasteiger partial charge in [-0.1, -0.05) is 12.8 Å². The summed E-state index contributed by atoms with van der Waals surface area (Å²) < 4.78 is 2.23. The lowest BCUT2D eigenvalue weighted by Gasteiger charge is -2.43. The quantitative estimate of drug-likeness (QED) is 0.703. The summed E-state index contributed by atoms with van der Waals surface area (Å²) in [5.41, 5.74) is -0.0139. The zero-order valence-corrected chi connectivity index (χ0v) is 9.02.